The highest BCUT2D eigenvalue weighted by Crippen LogP contribution is 2.39. The van der Waals surface area contributed by atoms with E-state index in [1.54, 1.807) is 24.3 Å². The van der Waals surface area contributed by atoms with Crippen LogP contribution in [0.4, 0.5) is 10.2 Å². The second-order valence-corrected chi connectivity index (χ2v) is 9.92. The standard InChI is InChI=1S/C26H21FN4O4S/c1-15-4-7-22(27)20(10-15)19-13-24(34-3)21(11-16(19)2)26-18-6-5-17(12-23(18)28-14-29-26)36(32,33)31-25-8-9-35-30-25/h4-14H,1-3H3,(H,30,31). The Labute approximate surface area is 206 Å². The van der Waals surface area contributed by atoms with Crippen LogP contribution in [0.2, 0.25) is 0 Å². The minimum atomic E-state index is -3.91. The molecule has 1 N–H and O–H groups in total. The average Bonchev–Trinajstić information content (AvgIpc) is 3.37. The van der Waals surface area contributed by atoms with Gasteiger partial charge in [-0.15, -0.1) is 0 Å². The molecular weight excluding hydrogens is 483 g/mol. The van der Waals surface area contributed by atoms with E-state index in [2.05, 4.69) is 24.4 Å². The molecule has 2 heterocycles. The average molecular weight is 505 g/mol. The fourth-order valence-electron chi connectivity index (χ4n) is 4.06. The van der Waals surface area contributed by atoms with Gasteiger partial charge in [0.15, 0.2) is 5.82 Å². The van der Waals surface area contributed by atoms with Crippen molar-refractivity contribution in [1.29, 1.82) is 0 Å². The summed E-state index contributed by atoms with van der Waals surface area (Å²) in [6.45, 7) is 3.80. The first-order chi connectivity index (χ1) is 17.3. The van der Waals surface area contributed by atoms with Gasteiger partial charge in [0.1, 0.15) is 24.2 Å². The molecule has 0 spiro atoms. The molecule has 2 aromatic heterocycles. The fraction of sp³-hybridized carbons (Fsp3) is 0.115. The topological polar surface area (TPSA) is 107 Å². The van der Waals surface area contributed by atoms with Crippen LogP contribution in [0.5, 0.6) is 5.75 Å². The molecule has 0 aliphatic heterocycles. The zero-order chi connectivity index (χ0) is 25.4. The predicted octanol–water partition coefficient (Wildman–Crippen LogP) is 5.52. The molecule has 0 bridgehead atoms. The van der Waals surface area contributed by atoms with Crippen molar-refractivity contribution in [2.75, 3.05) is 11.8 Å². The largest absolute Gasteiger partial charge is 0.496 e. The molecule has 0 atom stereocenters. The monoisotopic (exact) mass is 504 g/mol. The summed E-state index contributed by atoms with van der Waals surface area (Å²) in [5, 5.41) is 4.21. The number of methoxy groups -OCH3 is 1. The van der Waals surface area contributed by atoms with Crippen molar-refractivity contribution in [1.82, 2.24) is 15.1 Å². The number of aryl methyl sites for hydroxylation is 2. The Bertz CT molecular complexity index is 1700. The maximum absolute atomic E-state index is 14.6. The Kier molecular flexibility index (Phi) is 5.89. The second-order valence-electron chi connectivity index (χ2n) is 8.24. The molecule has 3 aromatic carbocycles. The molecule has 5 aromatic rings. The number of hydrogen-bond donors (Lipinski definition) is 1. The van der Waals surface area contributed by atoms with Gasteiger partial charge in [0.2, 0.25) is 0 Å². The molecule has 0 amide bonds. The number of nitrogens with zero attached hydrogens (tertiary/aromatic N) is 3. The molecule has 5 rings (SSSR count). The molecule has 0 saturated heterocycles. The van der Waals surface area contributed by atoms with Gasteiger partial charge in [-0.05, 0) is 67.4 Å². The molecule has 0 radical (unpaired) electrons. The highest BCUT2D eigenvalue weighted by molar-refractivity contribution is 7.92. The number of anilines is 1. The van der Waals surface area contributed by atoms with Crippen LogP contribution >= 0.6 is 0 Å². The first-order valence-electron chi connectivity index (χ1n) is 10.9. The summed E-state index contributed by atoms with van der Waals surface area (Å²) in [7, 11) is -2.37. The van der Waals surface area contributed by atoms with Crippen LogP contribution in [0.15, 0.2) is 76.6 Å². The number of benzene rings is 3. The van der Waals surface area contributed by atoms with Crippen molar-refractivity contribution in [3.8, 4) is 28.1 Å². The lowest BCUT2D eigenvalue weighted by Crippen LogP contribution is -2.13. The number of halogens is 1. The molecule has 10 heteroatoms. The molecule has 0 aliphatic carbocycles. The quantitative estimate of drug-likeness (QED) is 0.325. The summed E-state index contributed by atoms with van der Waals surface area (Å²) in [6.07, 6.45) is 2.63. The molecule has 0 aliphatic rings. The highest BCUT2D eigenvalue weighted by atomic mass is 32.2. The van der Waals surface area contributed by atoms with E-state index in [1.807, 2.05) is 19.9 Å². The third kappa shape index (κ3) is 4.27. The van der Waals surface area contributed by atoms with Gasteiger partial charge >= 0.3 is 0 Å². The van der Waals surface area contributed by atoms with E-state index in [-0.39, 0.29) is 16.5 Å². The molecule has 0 fully saturated rings. The SMILES string of the molecule is COc1cc(-c2cc(C)ccc2F)c(C)cc1-c1ncnc2cc(S(=O)(=O)Nc3ccon3)ccc12. The first-order valence-corrected chi connectivity index (χ1v) is 12.4. The van der Waals surface area contributed by atoms with E-state index in [1.165, 1.54) is 44.0 Å². The van der Waals surface area contributed by atoms with Crippen LogP contribution < -0.4 is 9.46 Å². The van der Waals surface area contributed by atoms with Gasteiger partial charge in [0.05, 0.1) is 23.2 Å². The number of fused-ring (bicyclic) bond motifs is 1. The summed E-state index contributed by atoms with van der Waals surface area (Å²) in [6, 6.07) is 14.6. The Balaban J connectivity index is 1.61. The summed E-state index contributed by atoms with van der Waals surface area (Å²) in [5.74, 6) is 0.253. The van der Waals surface area contributed by atoms with Crippen molar-refractivity contribution < 1.29 is 22.1 Å². The van der Waals surface area contributed by atoms with E-state index in [0.29, 0.717) is 39.0 Å². The van der Waals surface area contributed by atoms with Gasteiger partial charge in [-0.1, -0.05) is 16.8 Å². The van der Waals surface area contributed by atoms with Crippen LogP contribution in [0.1, 0.15) is 11.1 Å². The summed E-state index contributed by atoms with van der Waals surface area (Å²) in [5.41, 5.74) is 4.64. The van der Waals surface area contributed by atoms with Crippen LogP contribution in [-0.4, -0.2) is 30.7 Å². The Morgan fingerprint density at radius 1 is 0.944 bits per heavy atom. The van der Waals surface area contributed by atoms with E-state index in [0.717, 1.165) is 11.1 Å². The maximum Gasteiger partial charge on any atom is 0.263 e. The van der Waals surface area contributed by atoms with Crippen LogP contribution in [0.3, 0.4) is 0 Å². The van der Waals surface area contributed by atoms with E-state index < -0.39 is 10.0 Å². The lowest BCUT2D eigenvalue weighted by molar-refractivity contribution is 0.416. The number of aromatic nitrogens is 3. The molecule has 0 unspecified atom stereocenters. The van der Waals surface area contributed by atoms with Gasteiger partial charge < -0.3 is 9.26 Å². The van der Waals surface area contributed by atoms with Gasteiger partial charge in [-0.25, -0.2) is 22.8 Å². The highest BCUT2D eigenvalue weighted by Gasteiger charge is 2.20. The Hall–Kier alpha value is -4.31. The van der Waals surface area contributed by atoms with Crippen molar-refractivity contribution >= 4 is 26.7 Å². The minimum Gasteiger partial charge on any atom is -0.496 e. The van der Waals surface area contributed by atoms with Gasteiger partial charge in [0, 0.05) is 22.6 Å². The zero-order valence-electron chi connectivity index (χ0n) is 19.6. The first kappa shape index (κ1) is 23.4. The minimum absolute atomic E-state index is 0.0102. The van der Waals surface area contributed by atoms with E-state index >= 15 is 0 Å². The third-order valence-corrected chi connectivity index (χ3v) is 7.16. The van der Waals surface area contributed by atoms with E-state index in [9.17, 15) is 12.8 Å². The number of ether oxygens (including phenoxy) is 1. The molecular formula is C26H21FN4O4S. The molecule has 8 nitrogen and oxygen atoms in total. The van der Waals surface area contributed by atoms with Crippen molar-refractivity contribution in [2.24, 2.45) is 0 Å². The maximum atomic E-state index is 14.6. The summed E-state index contributed by atoms with van der Waals surface area (Å²) >= 11 is 0. The normalized spacial score (nSPS) is 11.6. The number of hydrogen-bond acceptors (Lipinski definition) is 7. The molecule has 0 saturated carbocycles. The Morgan fingerprint density at radius 3 is 2.53 bits per heavy atom. The summed E-state index contributed by atoms with van der Waals surface area (Å²) in [4.78, 5) is 8.75. The molecule has 182 valence electrons. The van der Waals surface area contributed by atoms with Crippen LogP contribution in [0, 0.1) is 19.7 Å². The smallest absolute Gasteiger partial charge is 0.263 e. The molecule has 36 heavy (non-hydrogen) atoms. The second kappa shape index (κ2) is 9.04. The van der Waals surface area contributed by atoms with Crippen molar-refractivity contribution in [2.45, 2.75) is 18.7 Å². The van der Waals surface area contributed by atoms with E-state index in [4.69, 9.17) is 4.74 Å². The number of sulfonamides is 1. The fourth-order valence-corrected chi connectivity index (χ4v) is 5.07. The Morgan fingerprint density at radius 2 is 1.78 bits per heavy atom. The van der Waals surface area contributed by atoms with Crippen molar-refractivity contribution in [3.63, 3.8) is 0 Å². The van der Waals surface area contributed by atoms with Gasteiger partial charge in [-0.2, -0.15) is 0 Å². The van der Waals surface area contributed by atoms with Crippen molar-refractivity contribution in [3.05, 3.63) is 84.1 Å². The number of rotatable bonds is 6. The lowest BCUT2D eigenvalue weighted by atomic mass is 9.94. The van der Waals surface area contributed by atoms with Gasteiger partial charge in [-0.3, -0.25) is 4.72 Å². The van der Waals surface area contributed by atoms with Crippen LogP contribution in [0.25, 0.3) is 33.3 Å². The number of nitrogens with one attached hydrogen (secondary N) is 1. The van der Waals surface area contributed by atoms with Gasteiger partial charge in [0.25, 0.3) is 10.0 Å². The van der Waals surface area contributed by atoms with Crippen LogP contribution in [-0.2, 0) is 10.0 Å². The predicted molar refractivity (Wildman–Crippen MR) is 134 cm³/mol. The summed E-state index contributed by atoms with van der Waals surface area (Å²) < 4.78 is 52.9. The lowest BCUT2D eigenvalue weighted by Gasteiger charge is -2.16. The zero-order valence-corrected chi connectivity index (χ0v) is 20.4. The third-order valence-electron chi connectivity index (χ3n) is 5.81.